The highest BCUT2D eigenvalue weighted by Crippen LogP contribution is 2.49. The fourth-order valence-electron chi connectivity index (χ4n) is 9.78. The molecule has 0 fully saturated rings. The minimum atomic E-state index is 1.08. The largest absolute Gasteiger partial charge is 0.309 e. The lowest BCUT2D eigenvalue weighted by Gasteiger charge is -2.31. The summed E-state index contributed by atoms with van der Waals surface area (Å²) < 4.78 is 0. The Balaban J connectivity index is 1.12. The second-order valence-corrected chi connectivity index (χ2v) is 16.4. The second kappa shape index (κ2) is 15.3. The second-order valence-electron chi connectivity index (χ2n) is 16.4. The van der Waals surface area contributed by atoms with Gasteiger partial charge >= 0.3 is 0 Å². The number of benzene rings is 12. The van der Waals surface area contributed by atoms with E-state index >= 15 is 0 Å². The highest BCUT2D eigenvalue weighted by atomic mass is 15.1. The minimum Gasteiger partial charge on any atom is -0.309 e. The maximum atomic E-state index is 2.48. The van der Waals surface area contributed by atoms with Crippen LogP contribution in [0.15, 0.2) is 249 Å². The molecule has 1 heteroatoms. The quantitative estimate of drug-likeness (QED) is 0.145. The smallest absolute Gasteiger partial charge is 0.0546 e. The molecule has 0 amide bonds. The van der Waals surface area contributed by atoms with Crippen molar-refractivity contribution < 1.29 is 0 Å². The number of hydrogen-bond donors (Lipinski definition) is 0. The number of fused-ring (bicyclic) bond motifs is 7. The van der Waals surface area contributed by atoms with Crippen LogP contribution in [0.2, 0.25) is 0 Å². The zero-order chi connectivity index (χ0) is 41.7. The third kappa shape index (κ3) is 6.42. The fraction of sp³-hybridized carbons (Fsp3) is 0. The summed E-state index contributed by atoms with van der Waals surface area (Å²) in [5.74, 6) is 0. The molecule has 1 nitrogen and oxygen atoms in total. The molecular formula is C62H41N. The van der Waals surface area contributed by atoms with E-state index in [1.165, 1.54) is 87.2 Å². The van der Waals surface area contributed by atoms with Crippen molar-refractivity contribution in [1.82, 2.24) is 0 Å². The summed E-state index contributed by atoms with van der Waals surface area (Å²) in [6.07, 6.45) is 0. The Morgan fingerprint density at radius 2 is 0.683 bits per heavy atom. The van der Waals surface area contributed by atoms with Crippen molar-refractivity contribution in [2.24, 2.45) is 0 Å². The van der Waals surface area contributed by atoms with E-state index in [1.807, 2.05) is 0 Å². The molecule has 0 aromatic heterocycles. The average molecular weight is 800 g/mol. The van der Waals surface area contributed by atoms with E-state index in [1.54, 1.807) is 0 Å². The van der Waals surface area contributed by atoms with Gasteiger partial charge in [-0.3, -0.25) is 0 Å². The predicted octanol–water partition coefficient (Wildman–Crippen LogP) is 17.6. The molecule has 0 aliphatic heterocycles. The van der Waals surface area contributed by atoms with Crippen LogP contribution in [0.3, 0.4) is 0 Å². The Hall–Kier alpha value is -8.26. The van der Waals surface area contributed by atoms with Crippen LogP contribution < -0.4 is 4.90 Å². The first-order valence-corrected chi connectivity index (χ1v) is 21.7. The van der Waals surface area contributed by atoms with Crippen molar-refractivity contribution in [3.05, 3.63) is 249 Å². The van der Waals surface area contributed by atoms with Gasteiger partial charge < -0.3 is 4.90 Å². The fourth-order valence-corrected chi connectivity index (χ4v) is 9.78. The highest BCUT2D eigenvalue weighted by molar-refractivity contribution is 6.14. The summed E-state index contributed by atoms with van der Waals surface area (Å²) in [7, 11) is 0. The van der Waals surface area contributed by atoms with Crippen molar-refractivity contribution in [1.29, 1.82) is 0 Å². The summed E-state index contributed by atoms with van der Waals surface area (Å²) in [5.41, 5.74) is 12.8. The average Bonchev–Trinajstić information content (AvgIpc) is 3.36. The van der Waals surface area contributed by atoms with E-state index in [9.17, 15) is 0 Å². The number of hydrogen-bond acceptors (Lipinski definition) is 1. The number of nitrogens with zero attached hydrogens (tertiary/aromatic N) is 1. The SMILES string of the molecule is c1ccc(-c2cc(N(c3ccc(-c4cc5ccccc5c5ccccc45)cc3)c3cccc4ccccc34)c(-c3ccccc3)cc2-c2ccc3ccc4ccccc4c3c2)cc1. The monoisotopic (exact) mass is 799 g/mol. The molecule has 0 heterocycles. The van der Waals surface area contributed by atoms with Crippen LogP contribution >= 0.6 is 0 Å². The molecule has 0 unspecified atom stereocenters. The Labute approximate surface area is 367 Å². The van der Waals surface area contributed by atoms with Crippen LogP contribution in [0.25, 0.3) is 98.4 Å². The van der Waals surface area contributed by atoms with Gasteiger partial charge in [-0.05, 0) is 130 Å². The first-order chi connectivity index (χ1) is 31.2. The summed E-state index contributed by atoms with van der Waals surface area (Å²) in [4.78, 5) is 2.48. The maximum Gasteiger partial charge on any atom is 0.0546 e. The van der Waals surface area contributed by atoms with Gasteiger partial charge in [0.1, 0.15) is 0 Å². The molecule has 0 bridgehead atoms. The van der Waals surface area contributed by atoms with Gasteiger partial charge in [-0.15, -0.1) is 0 Å². The van der Waals surface area contributed by atoms with Gasteiger partial charge in [0.25, 0.3) is 0 Å². The third-order valence-electron chi connectivity index (χ3n) is 12.8. The zero-order valence-corrected chi connectivity index (χ0v) is 34.6. The lowest BCUT2D eigenvalue weighted by molar-refractivity contribution is 1.30. The molecule has 0 saturated heterocycles. The standard InChI is InChI=1S/C62H41N/c1-3-16-43(17-4-1)59-41-62(60(44-18-5-2-6-19-44)40-58(59)49-33-32-46-31-30-45-21-7-10-24-51(45)56(46)39-49)63(61-29-15-23-42-20-8-12-26-53(42)61)50-36-34-47(35-37-50)57-38-48-22-9-11-25-52(48)54-27-13-14-28-55(54)57/h1-41H. The van der Waals surface area contributed by atoms with E-state index in [0.29, 0.717) is 0 Å². The van der Waals surface area contributed by atoms with E-state index < -0.39 is 0 Å². The van der Waals surface area contributed by atoms with Gasteiger partial charge in [0.15, 0.2) is 0 Å². The Bertz CT molecular complexity index is 3660. The van der Waals surface area contributed by atoms with E-state index in [0.717, 1.165) is 28.2 Å². The van der Waals surface area contributed by atoms with Crippen molar-refractivity contribution >= 4 is 70.9 Å². The van der Waals surface area contributed by atoms with Crippen molar-refractivity contribution in [3.8, 4) is 44.5 Å². The molecule has 0 N–H and O–H groups in total. The Kier molecular flexibility index (Phi) is 8.90. The predicted molar refractivity (Wildman–Crippen MR) is 270 cm³/mol. The molecule has 0 atom stereocenters. The summed E-state index contributed by atoms with van der Waals surface area (Å²) in [6.45, 7) is 0. The lowest BCUT2D eigenvalue weighted by Crippen LogP contribution is -2.12. The topological polar surface area (TPSA) is 3.24 Å². The molecule has 63 heavy (non-hydrogen) atoms. The minimum absolute atomic E-state index is 1.08. The van der Waals surface area contributed by atoms with Crippen LogP contribution in [-0.2, 0) is 0 Å². The van der Waals surface area contributed by atoms with Gasteiger partial charge in [-0.1, -0.05) is 206 Å². The molecule has 294 valence electrons. The van der Waals surface area contributed by atoms with E-state index in [4.69, 9.17) is 0 Å². The van der Waals surface area contributed by atoms with Crippen LogP contribution in [0, 0.1) is 0 Å². The molecule has 0 radical (unpaired) electrons. The van der Waals surface area contributed by atoms with Crippen molar-refractivity contribution in [3.63, 3.8) is 0 Å². The molecular weight excluding hydrogens is 759 g/mol. The first kappa shape index (κ1) is 36.6. The molecule has 12 rings (SSSR count). The normalized spacial score (nSPS) is 11.5. The van der Waals surface area contributed by atoms with Crippen molar-refractivity contribution in [2.75, 3.05) is 4.90 Å². The summed E-state index contributed by atoms with van der Waals surface area (Å²) in [6, 6.07) is 91.3. The highest BCUT2D eigenvalue weighted by Gasteiger charge is 2.23. The van der Waals surface area contributed by atoms with Crippen LogP contribution in [0.1, 0.15) is 0 Å². The number of rotatable bonds is 7. The van der Waals surface area contributed by atoms with Crippen LogP contribution in [0.4, 0.5) is 17.1 Å². The van der Waals surface area contributed by atoms with Crippen LogP contribution in [0.5, 0.6) is 0 Å². The molecule has 0 saturated carbocycles. The maximum absolute atomic E-state index is 2.48. The van der Waals surface area contributed by atoms with Gasteiger partial charge in [-0.2, -0.15) is 0 Å². The van der Waals surface area contributed by atoms with Gasteiger partial charge in [0, 0.05) is 16.6 Å². The number of anilines is 3. The molecule has 0 aliphatic rings. The third-order valence-corrected chi connectivity index (χ3v) is 12.8. The summed E-state index contributed by atoms with van der Waals surface area (Å²) >= 11 is 0. The molecule has 0 aliphatic carbocycles. The van der Waals surface area contributed by atoms with E-state index in [2.05, 4.69) is 254 Å². The molecule has 12 aromatic rings. The van der Waals surface area contributed by atoms with Gasteiger partial charge in [0.2, 0.25) is 0 Å². The zero-order valence-electron chi connectivity index (χ0n) is 34.6. The first-order valence-electron chi connectivity index (χ1n) is 21.7. The van der Waals surface area contributed by atoms with Crippen molar-refractivity contribution in [2.45, 2.75) is 0 Å². The lowest BCUT2D eigenvalue weighted by atomic mass is 9.88. The van der Waals surface area contributed by atoms with Gasteiger partial charge in [0.05, 0.1) is 11.4 Å². The Morgan fingerprint density at radius 1 is 0.206 bits per heavy atom. The molecule has 12 aromatic carbocycles. The summed E-state index contributed by atoms with van der Waals surface area (Å²) in [5, 5.41) is 12.4. The van der Waals surface area contributed by atoms with E-state index in [-0.39, 0.29) is 0 Å². The van der Waals surface area contributed by atoms with Crippen LogP contribution in [-0.4, -0.2) is 0 Å². The molecule has 0 spiro atoms. The Morgan fingerprint density at radius 3 is 1.40 bits per heavy atom. The van der Waals surface area contributed by atoms with Gasteiger partial charge in [-0.25, -0.2) is 0 Å².